The SMILES string of the molecule is CCCCCCCC/C=C\CCCCCCCC(=O)[O-].O=C(O)O.[Na+]. The largest absolute Gasteiger partial charge is 1.00 e. The van der Waals surface area contributed by atoms with E-state index in [9.17, 15) is 9.90 Å². The van der Waals surface area contributed by atoms with Crippen molar-refractivity contribution in [2.24, 2.45) is 0 Å². The van der Waals surface area contributed by atoms with Crippen LogP contribution < -0.4 is 34.7 Å². The third kappa shape index (κ3) is 39.9. The topological polar surface area (TPSA) is 97.7 Å². The Labute approximate surface area is 175 Å². The fourth-order valence-electron chi connectivity index (χ4n) is 2.34. The van der Waals surface area contributed by atoms with E-state index in [1.54, 1.807) is 0 Å². The predicted molar refractivity (Wildman–Crippen MR) is 95.1 cm³/mol. The predicted octanol–water partition coefficient (Wildman–Crippen LogP) is 2.00. The molecule has 25 heavy (non-hydrogen) atoms. The molecule has 0 atom stereocenters. The summed E-state index contributed by atoms with van der Waals surface area (Å²) in [5.74, 6) is -0.914. The second-order valence-corrected chi connectivity index (χ2v) is 5.99. The van der Waals surface area contributed by atoms with Gasteiger partial charge in [-0.2, -0.15) is 0 Å². The Morgan fingerprint density at radius 1 is 0.760 bits per heavy atom. The number of hydrogen-bond donors (Lipinski definition) is 2. The maximum Gasteiger partial charge on any atom is 1.00 e. The number of carbonyl (C=O) groups is 2. The van der Waals surface area contributed by atoms with Gasteiger partial charge in [0, 0.05) is 5.97 Å². The van der Waals surface area contributed by atoms with Gasteiger partial charge in [0.15, 0.2) is 0 Å². The van der Waals surface area contributed by atoms with Crippen molar-refractivity contribution < 1.29 is 54.5 Å². The van der Waals surface area contributed by atoms with Crippen LogP contribution in [0.15, 0.2) is 12.2 Å². The molecule has 0 rings (SSSR count). The molecule has 0 fully saturated rings. The van der Waals surface area contributed by atoms with E-state index in [4.69, 9.17) is 15.0 Å². The average molecular weight is 366 g/mol. The molecule has 0 aliphatic rings. The van der Waals surface area contributed by atoms with Crippen LogP contribution in [-0.4, -0.2) is 22.3 Å². The maximum atomic E-state index is 10.2. The molecule has 2 N–H and O–H groups in total. The minimum atomic E-state index is -1.83. The molecule has 0 aromatic rings. The van der Waals surface area contributed by atoms with Crippen LogP contribution in [0.2, 0.25) is 0 Å². The molecule has 0 radical (unpaired) electrons. The van der Waals surface area contributed by atoms with Crippen molar-refractivity contribution >= 4 is 12.1 Å². The molecule has 0 aliphatic carbocycles. The van der Waals surface area contributed by atoms with Gasteiger partial charge < -0.3 is 20.1 Å². The second kappa shape index (κ2) is 25.7. The first-order chi connectivity index (χ1) is 11.5. The van der Waals surface area contributed by atoms with Crippen molar-refractivity contribution in [1.29, 1.82) is 0 Å². The minimum absolute atomic E-state index is 0. The molecule has 6 heteroatoms. The Morgan fingerprint density at radius 2 is 1.12 bits per heavy atom. The fourth-order valence-corrected chi connectivity index (χ4v) is 2.34. The van der Waals surface area contributed by atoms with E-state index in [0.29, 0.717) is 0 Å². The van der Waals surface area contributed by atoms with E-state index < -0.39 is 12.1 Å². The second-order valence-electron chi connectivity index (χ2n) is 5.99. The smallest absolute Gasteiger partial charge is 0.550 e. The Balaban J connectivity index is -0.000000867. The van der Waals surface area contributed by atoms with E-state index >= 15 is 0 Å². The molecular formula is C19H35NaO5. The molecule has 0 heterocycles. The molecule has 0 aliphatic heterocycles. The van der Waals surface area contributed by atoms with Gasteiger partial charge in [-0.05, 0) is 38.5 Å². The molecule has 0 amide bonds. The number of carboxylic acids is 1. The Bertz CT molecular complexity index is 315. The number of carbonyl (C=O) groups excluding carboxylic acids is 1. The van der Waals surface area contributed by atoms with Crippen LogP contribution in [0.3, 0.4) is 0 Å². The summed E-state index contributed by atoms with van der Waals surface area (Å²) >= 11 is 0. The number of hydrogen-bond acceptors (Lipinski definition) is 3. The molecule has 0 unspecified atom stereocenters. The summed E-state index contributed by atoms with van der Waals surface area (Å²) in [4.78, 5) is 18.8. The summed E-state index contributed by atoms with van der Waals surface area (Å²) in [6.07, 6.45) is 19.1. The molecular weight excluding hydrogens is 331 g/mol. The number of carboxylic acid groups (broad SMARTS) is 3. The van der Waals surface area contributed by atoms with Crippen molar-refractivity contribution in [3.63, 3.8) is 0 Å². The van der Waals surface area contributed by atoms with Crippen LogP contribution in [0.1, 0.15) is 96.8 Å². The van der Waals surface area contributed by atoms with E-state index in [2.05, 4.69) is 19.1 Å². The Kier molecular flexibility index (Phi) is 30.1. The Morgan fingerprint density at radius 3 is 1.52 bits per heavy atom. The third-order valence-electron chi connectivity index (χ3n) is 3.64. The van der Waals surface area contributed by atoms with Gasteiger partial charge in [-0.1, -0.05) is 70.4 Å². The summed E-state index contributed by atoms with van der Waals surface area (Å²) in [5.41, 5.74) is 0. The quantitative estimate of drug-likeness (QED) is 0.262. The van der Waals surface area contributed by atoms with Crippen LogP contribution >= 0.6 is 0 Å². The van der Waals surface area contributed by atoms with Gasteiger partial charge in [0.2, 0.25) is 0 Å². The van der Waals surface area contributed by atoms with E-state index in [1.807, 2.05) is 0 Å². The summed E-state index contributed by atoms with van der Waals surface area (Å²) in [6.45, 7) is 2.26. The van der Waals surface area contributed by atoms with Crippen LogP contribution in [-0.2, 0) is 4.79 Å². The van der Waals surface area contributed by atoms with Crippen molar-refractivity contribution in [3.05, 3.63) is 12.2 Å². The number of rotatable bonds is 15. The summed E-state index contributed by atoms with van der Waals surface area (Å²) in [6, 6.07) is 0. The molecule has 0 saturated carbocycles. The number of allylic oxidation sites excluding steroid dienone is 2. The minimum Gasteiger partial charge on any atom is -0.550 e. The van der Waals surface area contributed by atoms with Crippen LogP contribution in [0, 0.1) is 0 Å². The van der Waals surface area contributed by atoms with Gasteiger partial charge in [0.25, 0.3) is 0 Å². The Hall–Kier alpha value is -0.520. The van der Waals surface area contributed by atoms with Gasteiger partial charge >= 0.3 is 35.7 Å². The van der Waals surface area contributed by atoms with Gasteiger partial charge in [-0.3, -0.25) is 0 Å². The first-order valence-electron chi connectivity index (χ1n) is 9.27. The van der Waals surface area contributed by atoms with Crippen molar-refractivity contribution in [1.82, 2.24) is 0 Å². The van der Waals surface area contributed by atoms with Gasteiger partial charge in [0.1, 0.15) is 0 Å². The zero-order valence-corrected chi connectivity index (χ0v) is 18.2. The standard InChI is InChI=1S/C18H34O2.CH2O3.Na/c1-2-3-4-5-6-7-8-9-10-11-12-13-14-15-16-17-18(19)20;2-1(3)4;/h9-10H,2-8,11-17H2,1H3,(H,19,20);(H2,2,3,4);/q;;+1/p-1/b10-9-;;. The van der Waals surface area contributed by atoms with E-state index in [1.165, 1.54) is 64.2 Å². The van der Waals surface area contributed by atoms with Crippen LogP contribution in [0.5, 0.6) is 0 Å². The summed E-state index contributed by atoms with van der Waals surface area (Å²) < 4.78 is 0. The molecule has 142 valence electrons. The van der Waals surface area contributed by atoms with Gasteiger partial charge in [-0.15, -0.1) is 0 Å². The number of aliphatic carboxylic acids is 1. The van der Waals surface area contributed by atoms with Crippen molar-refractivity contribution in [3.8, 4) is 0 Å². The molecule has 0 spiro atoms. The molecule has 0 saturated heterocycles. The van der Waals surface area contributed by atoms with Gasteiger partial charge in [0.05, 0.1) is 0 Å². The maximum absolute atomic E-state index is 10.2. The first kappa shape index (κ1) is 29.3. The first-order valence-corrected chi connectivity index (χ1v) is 9.27. The van der Waals surface area contributed by atoms with E-state index in [-0.39, 0.29) is 36.0 Å². The monoisotopic (exact) mass is 366 g/mol. The van der Waals surface area contributed by atoms with Crippen molar-refractivity contribution in [2.75, 3.05) is 0 Å². The third-order valence-corrected chi connectivity index (χ3v) is 3.64. The molecule has 0 bridgehead atoms. The summed E-state index contributed by atoms with van der Waals surface area (Å²) in [5, 5.41) is 24.2. The average Bonchev–Trinajstić information content (AvgIpc) is 2.50. The number of unbranched alkanes of at least 4 members (excludes halogenated alkanes) is 11. The van der Waals surface area contributed by atoms with Crippen LogP contribution in [0.25, 0.3) is 0 Å². The van der Waals surface area contributed by atoms with Crippen molar-refractivity contribution in [2.45, 2.75) is 96.8 Å². The molecule has 5 nitrogen and oxygen atoms in total. The molecule has 0 aromatic heterocycles. The summed E-state index contributed by atoms with van der Waals surface area (Å²) in [7, 11) is 0. The molecule has 0 aromatic carbocycles. The normalized spacial score (nSPS) is 9.96. The van der Waals surface area contributed by atoms with Crippen LogP contribution in [0.4, 0.5) is 4.79 Å². The zero-order valence-electron chi connectivity index (χ0n) is 16.2. The van der Waals surface area contributed by atoms with Gasteiger partial charge in [-0.25, -0.2) is 4.79 Å². The zero-order chi connectivity index (χ0) is 18.5. The van der Waals surface area contributed by atoms with E-state index in [0.717, 1.165) is 19.3 Å². The fraction of sp³-hybridized carbons (Fsp3) is 0.789.